The van der Waals surface area contributed by atoms with Crippen molar-refractivity contribution < 1.29 is 17.6 Å². The molecule has 0 aromatic heterocycles. The Labute approximate surface area is 143 Å². The molecule has 0 heterocycles. The van der Waals surface area contributed by atoms with Gasteiger partial charge in [-0.3, -0.25) is 0 Å². The van der Waals surface area contributed by atoms with Crippen molar-refractivity contribution in [2.75, 3.05) is 0 Å². The van der Waals surface area contributed by atoms with Crippen LogP contribution in [0.25, 0.3) is 0 Å². The van der Waals surface area contributed by atoms with Gasteiger partial charge in [0.25, 0.3) is 0 Å². The van der Waals surface area contributed by atoms with Gasteiger partial charge in [0.15, 0.2) is 0 Å². The lowest BCUT2D eigenvalue weighted by Gasteiger charge is -2.26. The van der Waals surface area contributed by atoms with E-state index in [0.29, 0.717) is 24.0 Å². The highest BCUT2D eigenvalue weighted by atomic mass is 19.1. The molecule has 0 N–H and O–H groups in total. The second-order valence-corrected chi connectivity index (χ2v) is 6.46. The molecular formula is C20H17F4N. The van der Waals surface area contributed by atoms with E-state index in [2.05, 4.69) is 0 Å². The third-order valence-corrected chi connectivity index (χ3v) is 4.82. The first kappa shape index (κ1) is 17.5. The summed E-state index contributed by atoms with van der Waals surface area (Å²) in [4.78, 5) is 0. The van der Waals surface area contributed by atoms with E-state index in [1.54, 1.807) is 0 Å². The van der Waals surface area contributed by atoms with Crippen LogP contribution in [-0.2, 0) is 19.3 Å². The normalized spacial score (nSPS) is 16.4. The molecule has 1 aliphatic carbocycles. The summed E-state index contributed by atoms with van der Waals surface area (Å²) in [6, 6.07) is 5.33. The zero-order valence-corrected chi connectivity index (χ0v) is 13.8. The molecule has 5 heteroatoms. The maximum absolute atomic E-state index is 14.4. The Hall–Kier alpha value is -2.35. The fourth-order valence-corrected chi connectivity index (χ4v) is 3.66. The molecule has 0 saturated carbocycles. The van der Waals surface area contributed by atoms with Gasteiger partial charge in [0.05, 0.1) is 0 Å². The molecule has 0 aliphatic heterocycles. The molecule has 0 saturated heterocycles. The van der Waals surface area contributed by atoms with E-state index < -0.39 is 34.8 Å². The molecule has 130 valence electrons. The second-order valence-electron chi connectivity index (χ2n) is 6.46. The Kier molecular flexibility index (Phi) is 4.80. The van der Waals surface area contributed by atoms with Crippen LogP contribution in [-0.4, -0.2) is 0 Å². The number of nitriles is 1. The molecule has 1 nitrogen and oxygen atoms in total. The lowest BCUT2D eigenvalue weighted by Crippen LogP contribution is -2.18. The number of hydrogen-bond acceptors (Lipinski definition) is 1. The Bertz CT molecular complexity index is 844. The Morgan fingerprint density at radius 3 is 2.36 bits per heavy atom. The molecule has 1 unspecified atom stereocenters. The van der Waals surface area contributed by atoms with Crippen molar-refractivity contribution in [1.82, 2.24) is 0 Å². The lowest BCUT2D eigenvalue weighted by atomic mass is 9.78. The Morgan fingerprint density at radius 1 is 1.08 bits per heavy atom. The number of aryl methyl sites for hydroxylation is 1. The number of fused-ring (bicyclic) bond motifs is 1. The van der Waals surface area contributed by atoms with Crippen molar-refractivity contribution in [1.29, 1.82) is 5.26 Å². The highest BCUT2D eigenvalue weighted by molar-refractivity contribution is 5.44. The van der Waals surface area contributed by atoms with Gasteiger partial charge >= 0.3 is 0 Å². The van der Waals surface area contributed by atoms with Gasteiger partial charge in [0.2, 0.25) is 0 Å². The minimum Gasteiger partial charge on any atom is -0.207 e. The first-order valence-electron chi connectivity index (χ1n) is 8.33. The van der Waals surface area contributed by atoms with Gasteiger partial charge in [0, 0.05) is 5.56 Å². The van der Waals surface area contributed by atoms with Crippen molar-refractivity contribution in [2.45, 2.75) is 44.9 Å². The maximum atomic E-state index is 14.4. The van der Waals surface area contributed by atoms with Crippen LogP contribution in [0.15, 0.2) is 18.2 Å². The molecule has 1 aliphatic rings. The summed E-state index contributed by atoms with van der Waals surface area (Å²) >= 11 is 0. The summed E-state index contributed by atoms with van der Waals surface area (Å²) in [5, 5.41) is 8.84. The van der Waals surface area contributed by atoms with Gasteiger partial charge in [-0.25, -0.2) is 17.6 Å². The van der Waals surface area contributed by atoms with Gasteiger partial charge in [0.1, 0.15) is 34.9 Å². The van der Waals surface area contributed by atoms with Crippen molar-refractivity contribution in [2.24, 2.45) is 0 Å². The van der Waals surface area contributed by atoms with Crippen molar-refractivity contribution >= 4 is 0 Å². The predicted octanol–water partition coefficient (Wildman–Crippen LogP) is 5.34. The first-order chi connectivity index (χ1) is 12.0. The molecule has 25 heavy (non-hydrogen) atoms. The van der Waals surface area contributed by atoms with E-state index in [9.17, 15) is 17.6 Å². The average Bonchev–Trinajstić information content (AvgIpc) is 2.54. The Morgan fingerprint density at radius 2 is 1.76 bits per heavy atom. The third-order valence-electron chi connectivity index (χ3n) is 4.82. The number of rotatable bonds is 3. The topological polar surface area (TPSA) is 23.8 Å². The highest BCUT2D eigenvalue weighted by Gasteiger charge is 2.29. The van der Waals surface area contributed by atoms with E-state index in [1.165, 1.54) is 18.2 Å². The molecule has 0 amide bonds. The standard InChI is InChI=1S/C20H17F4N/c1-2-3-11-6-17(22)19(18(23)7-11)12-4-5-14-13(8-12)9-16(21)15(10-25)20(14)24/h6-7,9,12H,2-5,8H2,1H3. The van der Waals surface area contributed by atoms with Crippen molar-refractivity contribution in [3.05, 3.63) is 69.3 Å². The van der Waals surface area contributed by atoms with E-state index in [4.69, 9.17) is 5.26 Å². The van der Waals surface area contributed by atoms with Crippen molar-refractivity contribution in [3.63, 3.8) is 0 Å². The molecule has 2 aromatic rings. The zero-order chi connectivity index (χ0) is 18.1. The number of benzene rings is 2. The third kappa shape index (κ3) is 3.13. The van der Waals surface area contributed by atoms with Crippen LogP contribution in [0.3, 0.4) is 0 Å². The van der Waals surface area contributed by atoms with E-state index in [0.717, 1.165) is 12.5 Å². The summed E-state index contributed by atoms with van der Waals surface area (Å²) in [5.41, 5.74) is 0.640. The van der Waals surface area contributed by atoms with Crippen LogP contribution in [0.4, 0.5) is 17.6 Å². The Balaban J connectivity index is 1.98. The van der Waals surface area contributed by atoms with Crippen LogP contribution >= 0.6 is 0 Å². The summed E-state index contributed by atoms with van der Waals surface area (Å²) in [6.45, 7) is 1.93. The van der Waals surface area contributed by atoms with Gasteiger partial charge in [-0.05, 0) is 66.5 Å². The second kappa shape index (κ2) is 6.87. The zero-order valence-electron chi connectivity index (χ0n) is 13.8. The minimum atomic E-state index is -0.932. The molecule has 2 aromatic carbocycles. The molecule has 0 fully saturated rings. The number of hydrogen-bond donors (Lipinski definition) is 0. The molecule has 1 atom stereocenters. The molecular weight excluding hydrogens is 330 g/mol. The van der Waals surface area contributed by atoms with Gasteiger partial charge in [-0.15, -0.1) is 0 Å². The minimum absolute atomic E-state index is 0.0179. The van der Waals surface area contributed by atoms with Gasteiger partial charge in [-0.2, -0.15) is 5.26 Å². The van der Waals surface area contributed by atoms with Gasteiger partial charge < -0.3 is 0 Å². The molecule has 3 rings (SSSR count). The summed E-state index contributed by atoms with van der Waals surface area (Å²) < 4.78 is 57.0. The predicted molar refractivity (Wildman–Crippen MR) is 86.2 cm³/mol. The van der Waals surface area contributed by atoms with E-state index in [-0.39, 0.29) is 24.0 Å². The highest BCUT2D eigenvalue weighted by Crippen LogP contribution is 2.37. The quantitative estimate of drug-likeness (QED) is 0.688. The van der Waals surface area contributed by atoms with Crippen LogP contribution < -0.4 is 0 Å². The monoisotopic (exact) mass is 347 g/mol. The largest absolute Gasteiger partial charge is 0.207 e. The van der Waals surface area contributed by atoms with E-state index >= 15 is 0 Å². The maximum Gasteiger partial charge on any atom is 0.147 e. The molecule has 0 radical (unpaired) electrons. The van der Waals surface area contributed by atoms with Crippen LogP contribution in [0.1, 0.15) is 53.5 Å². The number of halogens is 4. The lowest BCUT2D eigenvalue weighted by molar-refractivity contribution is 0.475. The smallest absolute Gasteiger partial charge is 0.147 e. The van der Waals surface area contributed by atoms with Crippen LogP contribution in [0, 0.1) is 34.6 Å². The van der Waals surface area contributed by atoms with Crippen LogP contribution in [0.2, 0.25) is 0 Å². The fourth-order valence-electron chi connectivity index (χ4n) is 3.66. The summed E-state index contributed by atoms with van der Waals surface area (Å²) in [6.07, 6.45) is 2.09. The number of nitrogens with zero attached hydrogens (tertiary/aromatic N) is 1. The van der Waals surface area contributed by atoms with Crippen LogP contribution in [0.5, 0.6) is 0 Å². The summed E-state index contributed by atoms with van der Waals surface area (Å²) in [5.74, 6) is -3.47. The first-order valence-corrected chi connectivity index (χ1v) is 8.33. The average molecular weight is 347 g/mol. The summed E-state index contributed by atoms with van der Waals surface area (Å²) in [7, 11) is 0. The molecule has 0 spiro atoms. The fraction of sp³-hybridized carbons (Fsp3) is 0.350. The van der Waals surface area contributed by atoms with Crippen molar-refractivity contribution in [3.8, 4) is 6.07 Å². The van der Waals surface area contributed by atoms with Gasteiger partial charge in [-0.1, -0.05) is 13.3 Å². The van der Waals surface area contributed by atoms with E-state index in [1.807, 2.05) is 6.92 Å². The molecule has 0 bridgehead atoms. The SMILES string of the molecule is CCCc1cc(F)c(C2CCc3c(cc(F)c(C#N)c3F)C2)c(F)c1.